The van der Waals surface area contributed by atoms with Crippen LogP contribution < -0.4 is 0 Å². The monoisotopic (exact) mass is 313 g/mol. The van der Waals surface area contributed by atoms with Gasteiger partial charge in [-0.25, -0.2) is 0 Å². The predicted octanol–water partition coefficient (Wildman–Crippen LogP) is -0.0147. The Labute approximate surface area is 94.5 Å². The molecule has 0 unspecified atom stereocenters. The third-order valence-corrected chi connectivity index (χ3v) is 0. The third-order valence-electron chi connectivity index (χ3n) is 0. The summed E-state index contributed by atoms with van der Waals surface area (Å²) in [5.74, 6) is 0. The van der Waals surface area contributed by atoms with E-state index < -0.39 is 0 Å². The number of hydrogen-bond acceptors (Lipinski definition) is 0. The second-order valence-electron chi connectivity index (χ2n) is 0. The van der Waals surface area contributed by atoms with E-state index in [9.17, 15) is 0 Å². The van der Waals surface area contributed by atoms with Gasteiger partial charge in [-0.15, -0.1) is 0 Å². The van der Waals surface area contributed by atoms with Gasteiger partial charge >= 0.3 is 21.1 Å². The van der Waals surface area contributed by atoms with Crippen LogP contribution in [-0.2, 0) is 95.7 Å². The Morgan fingerprint density at radius 3 is 0.667 bits per heavy atom. The molecule has 0 fully saturated rings. The summed E-state index contributed by atoms with van der Waals surface area (Å²) >= 11 is 0. The molecule has 1 radical (unpaired) electrons. The summed E-state index contributed by atoms with van der Waals surface area (Å²) in [5, 5.41) is 0. The van der Waals surface area contributed by atoms with E-state index in [0.29, 0.717) is 0 Å². The van der Waals surface area contributed by atoms with E-state index in [-0.39, 0.29) is 95.7 Å². The second kappa shape index (κ2) is 46.3. The summed E-state index contributed by atoms with van der Waals surface area (Å²) in [7, 11) is 0. The van der Waals surface area contributed by atoms with Crippen molar-refractivity contribution in [1.29, 1.82) is 0 Å². The minimum Gasteiger partial charge on any atom is -2.00 e. The summed E-state index contributed by atoms with van der Waals surface area (Å²) in [6, 6.07) is 0. The molecule has 0 amide bonds. The van der Waals surface area contributed by atoms with E-state index in [4.69, 9.17) is 0 Å². The van der Waals surface area contributed by atoms with Gasteiger partial charge < -0.3 is 40.5 Å². The van der Waals surface area contributed by atoms with Gasteiger partial charge in [-0.3, -0.25) is 0 Å². The van der Waals surface area contributed by atoms with Crippen molar-refractivity contribution in [3.8, 4) is 0 Å². The molecule has 0 rings (SSSR count). The van der Waals surface area contributed by atoms with Crippen molar-refractivity contribution >= 4 is 40.5 Å². The van der Waals surface area contributed by atoms with Gasteiger partial charge in [0.15, 0.2) is 0 Å². The minimum atomic E-state index is 0. The van der Waals surface area contributed by atoms with Crippen LogP contribution in [-0.4, -0.2) is 0 Å². The Kier molecular flexibility index (Phi) is 531. The molecular formula is CuFeMoS3. The van der Waals surface area contributed by atoms with E-state index in [1.807, 2.05) is 0 Å². The van der Waals surface area contributed by atoms with Crippen LogP contribution in [0.3, 0.4) is 0 Å². The maximum absolute atomic E-state index is 0. The number of rotatable bonds is 0. The largest absolute Gasteiger partial charge is 6.00 e. The zero-order valence-corrected chi connectivity index (χ0v) is 8.79. The van der Waals surface area contributed by atoms with Crippen LogP contribution in [0.5, 0.6) is 0 Å². The molecule has 0 aliphatic rings. The van der Waals surface area contributed by atoms with Crippen LogP contribution in [0.15, 0.2) is 0 Å². The fraction of sp³-hybridized carbons (Fsp3) is 0. The van der Waals surface area contributed by atoms with Gasteiger partial charge in [0.2, 0.25) is 0 Å². The fourth-order valence-corrected chi connectivity index (χ4v) is 0. The second-order valence-corrected chi connectivity index (χ2v) is 0. The molecule has 0 saturated heterocycles. The van der Waals surface area contributed by atoms with E-state index in [1.165, 1.54) is 0 Å². The molecule has 0 aromatic carbocycles. The molecule has 0 saturated carbocycles. The molecule has 0 aromatic heterocycles. The quantitative estimate of drug-likeness (QED) is 0.552. The molecular weight excluding hydrogens is 312 g/mol. The molecule has 0 spiro atoms. The molecule has 0 N–H and O–H groups in total. The van der Waals surface area contributed by atoms with E-state index in [1.54, 1.807) is 0 Å². The van der Waals surface area contributed by atoms with E-state index >= 15 is 0 Å². The summed E-state index contributed by atoms with van der Waals surface area (Å²) < 4.78 is 0. The van der Waals surface area contributed by atoms with Crippen molar-refractivity contribution in [2.45, 2.75) is 0 Å². The van der Waals surface area contributed by atoms with Gasteiger partial charge in [-0.2, -0.15) is 0 Å². The van der Waals surface area contributed by atoms with E-state index in [2.05, 4.69) is 0 Å². The van der Waals surface area contributed by atoms with Crippen molar-refractivity contribution in [1.82, 2.24) is 0 Å². The Bertz CT molecular complexity index is 10.8. The van der Waals surface area contributed by atoms with Gasteiger partial charge in [0.25, 0.3) is 0 Å². The van der Waals surface area contributed by atoms with Crippen molar-refractivity contribution < 1.29 is 55.2 Å². The summed E-state index contributed by atoms with van der Waals surface area (Å²) in [5.41, 5.74) is 0. The topological polar surface area (TPSA) is 0 Å². The SMILES string of the molecule is [Cu].[Fe].[Mo+6].[S-2].[S-2].[S-2]. The maximum Gasteiger partial charge on any atom is 6.00 e. The van der Waals surface area contributed by atoms with Crippen molar-refractivity contribution in [2.75, 3.05) is 0 Å². The van der Waals surface area contributed by atoms with Gasteiger partial charge in [0.1, 0.15) is 0 Å². The zero-order chi connectivity index (χ0) is 0. The van der Waals surface area contributed by atoms with Crippen LogP contribution in [0.2, 0.25) is 0 Å². The molecule has 0 aliphatic carbocycles. The first-order valence-electron chi connectivity index (χ1n) is 0. The normalized spacial score (nSPS) is 0. The van der Waals surface area contributed by atoms with Crippen LogP contribution in [0.1, 0.15) is 0 Å². The molecule has 0 atom stereocenters. The first kappa shape index (κ1) is 68.8. The molecule has 0 nitrogen and oxygen atoms in total. The van der Waals surface area contributed by atoms with Crippen molar-refractivity contribution in [3.63, 3.8) is 0 Å². The fourth-order valence-electron chi connectivity index (χ4n) is 0. The Balaban J connectivity index is 0. The Morgan fingerprint density at radius 2 is 0.667 bits per heavy atom. The Morgan fingerprint density at radius 1 is 0.667 bits per heavy atom. The van der Waals surface area contributed by atoms with Gasteiger partial charge in [-0.05, 0) is 0 Å². The van der Waals surface area contributed by atoms with Gasteiger partial charge in [-0.1, -0.05) is 0 Å². The first-order valence-corrected chi connectivity index (χ1v) is 0. The standard InChI is InChI=1S/Cu.Fe.Mo.3S/q;;+6;3*-2. The van der Waals surface area contributed by atoms with Crippen LogP contribution in [0.4, 0.5) is 0 Å². The molecule has 6 heteroatoms. The van der Waals surface area contributed by atoms with Crippen molar-refractivity contribution in [3.05, 3.63) is 0 Å². The summed E-state index contributed by atoms with van der Waals surface area (Å²) in [6.07, 6.45) is 0. The molecule has 0 aliphatic heterocycles. The average molecular weight is 312 g/mol. The molecule has 0 bridgehead atoms. The molecule has 0 aromatic rings. The smallest absolute Gasteiger partial charge is 2.00 e. The van der Waals surface area contributed by atoms with Crippen LogP contribution in [0.25, 0.3) is 0 Å². The van der Waals surface area contributed by atoms with E-state index in [0.717, 1.165) is 0 Å². The van der Waals surface area contributed by atoms with Crippen LogP contribution in [0, 0.1) is 0 Å². The first-order chi connectivity index (χ1) is 0. The third kappa shape index (κ3) is 29.3. The molecule has 0 heterocycles. The Hall–Kier alpha value is 2.78. The molecule has 6 heavy (non-hydrogen) atoms. The average Bonchev–Trinajstić information content (AvgIpc) is 0. The van der Waals surface area contributed by atoms with Gasteiger partial charge in [0.05, 0.1) is 0 Å². The zero-order valence-electron chi connectivity index (χ0n) is 2.29. The van der Waals surface area contributed by atoms with Crippen molar-refractivity contribution in [2.24, 2.45) is 0 Å². The van der Waals surface area contributed by atoms with Crippen LogP contribution >= 0.6 is 0 Å². The number of hydrogen-bond donors (Lipinski definition) is 0. The summed E-state index contributed by atoms with van der Waals surface area (Å²) in [6.45, 7) is 0. The summed E-state index contributed by atoms with van der Waals surface area (Å²) in [4.78, 5) is 0. The molecule has 43 valence electrons. The predicted molar refractivity (Wildman–Crippen MR) is 22.1 cm³/mol. The van der Waals surface area contributed by atoms with Gasteiger partial charge in [0, 0.05) is 34.1 Å². The maximum atomic E-state index is 0. The minimum absolute atomic E-state index is 0.